The third-order valence-corrected chi connectivity index (χ3v) is 3.02. The number of thioether (sulfide) groups is 1. The van der Waals surface area contributed by atoms with Crippen LogP contribution in [0, 0.1) is 5.82 Å². The number of benzene rings is 1. The quantitative estimate of drug-likeness (QED) is 0.871. The third-order valence-electron chi connectivity index (χ3n) is 2.43. The second-order valence-electron chi connectivity index (χ2n) is 3.84. The third kappa shape index (κ3) is 4.44. The van der Waals surface area contributed by atoms with Gasteiger partial charge >= 0.3 is 12.0 Å². The first-order valence-corrected chi connectivity index (χ1v) is 6.89. The van der Waals surface area contributed by atoms with Crippen LogP contribution in [0.3, 0.4) is 0 Å². The predicted molar refractivity (Wildman–Crippen MR) is 73.4 cm³/mol. The minimum absolute atomic E-state index is 0.250. The molecule has 0 aliphatic carbocycles. The Kier molecular flexibility index (Phi) is 5.62. The molecule has 0 fully saturated rings. The standard InChI is InChI=1S/C12H15FN2O3S/c1-15(5-6-19-2)12(18)14-8-3-4-10(13)9(7-8)11(16)17/h3-4,7H,5-6H2,1-2H3,(H,14,18)(H,16,17). The molecule has 0 atom stereocenters. The number of hydrogen-bond donors (Lipinski definition) is 2. The van der Waals surface area contributed by atoms with E-state index in [0.717, 1.165) is 17.9 Å². The fourth-order valence-electron chi connectivity index (χ4n) is 1.32. The fraction of sp³-hybridized carbons (Fsp3) is 0.333. The van der Waals surface area contributed by atoms with Crippen molar-refractivity contribution in [3.63, 3.8) is 0 Å². The van der Waals surface area contributed by atoms with Crippen molar-refractivity contribution in [2.75, 3.05) is 30.9 Å². The average Bonchev–Trinajstić information content (AvgIpc) is 2.37. The van der Waals surface area contributed by atoms with E-state index < -0.39 is 17.3 Å². The number of carbonyl (C=O) groups is 2. The Hall–Kier alpha value is -1.76. The summed E-state index contributed by atoms with van der Waals surface area (Å²) in [5.74, 6) is -1.40. The van der Waals surface area contributed by atoms with Gasteiger partial charge < -0.3 is 15.3 Å². The van der Waals surface area contributed by atoms with Gasteiger partial charge in [-0.3, -0.25) is 0 Å². The minimum Gasteiger partial charge on any atom is -0.478 e. The van der Waals surface area contributed by atoms with Crippen molar-refractivity contribution in [2.24, 2.45) is 0 Å². The van der Waals surface area contributed by atoms with E-state index in [1.165, 1.54) is 11.0 Å². The summed E-state index contributed by atoms with van der Waals surface area (Å²) in [6, 6.07) is 3.07. The number of hydrogen-bond acceptors (Lipinski definition) is 3. The molecular weight excluding hydrogens is 271 g/mol. The molecule has 0 bridgehead atoms. The fourth-order valence-corrected chi connectivity index (χ4v) is 1.77. The van der Waals surface area contributed by atoms with Crippen LogP contribution in [-0.4, -0.2) is 47.6 Å². The van der Waals surface area contributed by atoms with Gasteiger partial charge in [0, 0.05) is 25.0 Å². The lowest BCUT2D eigenvalue weighted by Gasteiger charge is -2.17. The Morgan fingerprint density at radius 2 is 2.16 bits per heavy atom. The number of anilines is 1. The lowest BCUT2D eigenvalue weighted by molar-refractivity contribution is 0.0692. The van der Waals surface area contributed by atoms with Crippen LogP contribution >= 0.6 is 11.8 Å². The summed E-state index contributed by atoms with van der Waals surface area (Å²) >= 11 is 1.61. The second-order valence-corrected chi connectivity index (χ2v) is 4.83. The van der Waals surface area contributed by atoms with E-state index in [-0.39, 0.29) is 11.7 Å². The van der Waals surface area contributed by atoms with E-state index >= 15 is 0 Å². The van der Waals surface area contributed by atoms with Crippen LogP contribution in [0.4, 0.5) is 14.9 Å². The molecule has 104 valence electrons. The van der Waals surface area contributed by atoms with E-state index in [9.17, 15) is 14.0 Å². The molecule has 1 aromatic rings. The summed E-state index contributed by atoms with van der Waals surface area (Å²) in [6.45, 7) is 0.569. The molecule has 0 aliphatic rings. The normalized spacial score (nSPS) is 10.1. The van der Waals surface area contributed by atoms with Gasteiger partial charge in [-0.25, -0.2) is 14.0 Å². The number of nitrogens with zero attached hydrogens (tertiary/aromatic N) is 1. The molecule has 0 spiro atoms. The zero-order chi connectivity index (χ0) is 14.4. The molecule has 19 heavy (non-hydrogen) atoms. The van der Waals surface area contributed by atoms with Crippen LogP contribution < -0.4 is 5.32 Å². The monoisotopic (exact) mass is 286 g/mol. The van der Waals surface area contributed by atoms with Gasteiger partial charge in [-0.2, -0.15) is 11.8 Å². The van der Waals surface area contributed by atoms with Crippen molar-refractivity contribution >= 4 is 29.4 Å². The first-order valence-electron chi connectivity index (χ1n) is 5.49. The molecule has 0 saturated carbocycles. The highest BCUT2D eigenvalue weighted by Crippen LogP contribution is 2.15. The number of halogens is 1. The summed E-state index contributed by atoms with van der Waals surface area (Å²) in [6.07, 6.45) is 1.94. The molecule has 5 nitrogen and oxygen atoms in total. The zero-order valence-electron chi connectivity index (χ0n) is 10.6. The number of carboxylic acids is 1. The Balaban J connectivity index is 2.74. The number of aromatic carboxylic acids is 1. The molecule has 0 aliphatic heterocycles. The lowest BCUT2D eigenvalue weighted by atomic mass is 10.2. The Morgan fingerprint density at radius 3 is 2.74 bits per heavy atom. The van der Waals surface area contributed by atoms with Crippen molar-refractivity contribution < 1.29 is 19.1 Å². The van der Waals surface area contributed by atoms with Crippen molar-refractivity contribution in [3.05, 3.63) is 29.6 Å². The molecule has 2 N–H and O–H groups in total. The molecule has 0 aromatic heterocycles. The number of nitrogens with one attached hydrogen (secondary N) is 1. The summed E-state index contributed by atoms with van der Waals surface area (Å²) in [5, 5.41) is 11.3. The van der Waals surface area contributed by atoms with Gasteiger partial charge in [0.05, 0.1) is 5.56 Å². The SMILES string of the molecule is CSCCN(C)C(=O)Nc1ccc(F)c(C(=O)O)c1. The van der Waals surface area contributed by atoms with Crippen molar-refractivity contribution in [1.82, 2.24) is 4.90 Å². The maximum absolute atomic E-state index is 13.2. The van der Waals surface area contributed by atoms with Gasteiger partial charge in [-0.05, 0) is 24.5 Å². The van der Waals surface area contributed by atoms with Crippen molar-refractivity contribution in [1.29, 1.82) is 0 Å². The van der Waals surface area contributed by atoms with E-state index in [0.29, 0.717) is 6.54 Å². The molecule has 1 rings (SSSR count). The molecule has 0 saturated heterocycles. The van der Waals surface area contributed by atoms with E-state index in [4.69, 9.17) is 5.11 Å². The Labute approximate surface area is 114 Å². The van der Waals surface area contributed by atoms with Crippen molar-refractivity contribution in [3.8, 4) is 0 Å². The van der Waals surface area contributed by atoms with Gasteiger partial charge in [0.2, 0.25) is 0 Å². The maximum atomic E-state index is 13.2. The number of rotatable bonds is 5. The number of urea groups is 1. The highest BCUT2D eigenvalue weighted by molar-refractivity contribution is 7.98. The number of amides is 2. The molecule has 0 radical (unpaired) electrons. The van der Waals surface area contributed by atoms with Crippen molar-refractivity contribution in [2.45, 2.75) is 0 Å². The summed E-state index contributed by atoms with van der Waals surface area (Å²) < 4.78 is 13.2. The van der Waals surface area contributed by atoms with Gasteiger partial charge in [0.1, 0.15) is 5.82 Å². The van der Waals surface area contributed by atoms with Gasteiger partial charge in [-0.1, -0.05) is 0 Å². The Morgan fingerprint density at radius 1 is 1.47 bits per heavy atom. The number of carboxylic acid groups (broad SMARTS) is 1. The molecule has 0 unspecified atom stereocenters. The van der Waals surface area contributed by atoms with E-state index in [2.05, 4.69) is 5.32 Å². The highest BCUT2D eigenvalue weighted by atomic mass is 32.2. The van der Waals surface area contributed by atoms with Gasteiger partial charge in [-0.15, -0.1) is 0 Å². The summed E-state index contributed by atoms with van der Waals surface area (Å²) in [4.78, 5) is 24.0. The smallest absolute Gasteiger partial charge is 0.338 e. The maximum Gasteiger partial charge on any atom is 0.338 e. The Bertz CT molecular complexity index is 482. The molecule has 1 aromatic carbocycles. The first-order chi connectivity index (χ1) is 8.95. The molecule has 0 heterocycles. The topological polar surface area (TPSA) is 69.6 Å². The molecule has 2 amide bonds. The van der Waals surface area contributed by atoms with Crippen LogP contribution in [0.1, 0.15) is 10.4 Å². The molecular formula is C12H15FN2O3S. The van der Waals surface area contributed by atoms with E-state index in [1.807, 2.05) is 6.26 Å². The van der Waals surface area contributed by atoms with Gasteiger partial charge in [0.15, 0.2) is 0 Å². The second kappa shape index (κ2) is 6.98. The number of carbonyl (C=O) groups excluding carboxylic acids is 1. The average molecular weight is 286 g/mol. The predicted octanol–water partition coefficient (Wildman–Crippen LogP) is 2.35. The van der Waals surface area contributed by atoms with Crippen LogP contribution in [-0.2, 0) is 0 Å². The van der Waals surface area contributed by atoms with Gasteiger partial charge in [0.25, 0.3) is 0 Å². The van der Waals surface area contributed by atoms with Crippen LogP contribution in [0.2, 0.25) is 0 Å². The molecule has 7 heteroatoms. The zero-order valence-corrected chi connectivity index (χ0v) is 11.5. The minimum atomic E-state index is -1.37. The first kappa shape index (κ1) is 15.3. The summed E-state index contributed by atoms with van der Waals surface area (Å²) in [5.41, 5.74) is -0.218. The largest absolute Gasteiger partial charge is 0.478 e. The van der Waals surface area contributed by atoms with Crippen LogP contribution in [0.5, 0.6) is 0 Å². The van der Waals surface area contributed by atoms with E-state index in [1.54, 1.807) is 18.8 Å². The lowest BCUT2D eigenvalue weighted by Crippen LogP contribution is -2.33. The highest BCUT2D eigenvalue weighted by Gasteiger charge is 2.13. The van der Waals surface area contributed by atoms with Crippen LogP contribution in [0.15, 0.2) is 18.2 Å². The van der Waals surface area contributed by atoms with Crippen LogP contribution in [0.25, 0.3) is 0 Å². The summed E-state index contributed by atoms with van der Waals surface area (Å²) in [7, 11) is 1.63.